The maximum absolute atomic E-state index is 12.4. The second-order valence-corrected chi connectivity index (χ2v) is 6.18. The highest BCUT2D eigenvalue weighted by Gasteiger charge is 2.45. The summed E-state index contributed by atoms with van der Waals surface area (Å²) in [6, 6.07) is 0. The van der Waals surface area contributed by atoms with Crippen LogP contribution in [-0.4, -0.2) is 38.9 Å². The molecule has 0 saturated heterocycles. The summed E-state index contributed by atoms with van der Waals surface area (Å²) in [7, 11) is 1.54. The number of hydrogen-bond donors (Lipinski definition) is 0. The molecule has 0 aromatic heterocycles. The lowest BCUT2D eigenvalue weighted by atomic mass is 9.82. The molecule has 0 bridgehead atoms. The van der Waals surface area contributed by atoms with E-state index in [2.05, 4.69) is 6.92 Å². The average molecular weight is 344 g/mol. The summed E-state index contributed by atoms with van der Waals surface area (Å²) in [4.78, 5) is 24.7. The highest BCUT2D eigenvalue weighted by Crippen LogP contribution is 2.30. The zero-order valence-corrected chi connectivity index (χ0v) is 16.0. The van der Waals surface area contributed by atoms with E-state index in [-0.39, 0.29) is 6.61 Å². The van der Waals surface area contributed by atoms with Crippen LogP contribution in [0.3, 0.4) is 0 Å². The standard InChI is InChI=1S/C19H36O5/c1-5-8-9-10-11-12-13-14-23-17(20)19(6-2,7-3)18(21)24-16-15-22-4/h5-16H2,1-4H3. The number of hydrogen-bond acceptors (Lipinski definition) is 5. The molecule has 0 spiro atoms. The lowest BCUT2D eigenvalue weighted by Crippen LogP contribution is -2.41. The van der Waals surface area contributed by atoms with E-state index in [1.165, 1.54) is 39.2 Å². The summed E-state index contributed by atoms with van der Waals surface area (Å²) in [5.41, 5.74) is -1.19. The number of carbonyl (C=O) groups is 2. The van der Waals surface area contributed by atoms with Crippen molar-refractivity contribution in [3.8, 4) is 0 Å². The van der Waals surface area contributed by atoms with E-state index >= 15 is 0 Å². The van der Waals surface area contributed by atoms with Gasteiger partial charge in [-0.15, -0.1) is 0 Å². The van der Waals surface area contributed by atoms with Crippen molar-refractivity contribution in [1.82, 2.24) is 0 Å². The minimum absolute atomic E-state index is 0.155. The first-order valence-corrected chi connectivity index (χ1v) is 9.42. The second kappa shape index (κ2) is 14.3. The number of ether oxygens (including phenoxy) is 3. The largest absolute Gasteiger partial charge is 0.465 e. The molecule has 5 heteroatoms. The predicted molar refractivity (Wildman–Crippen MR) is 94.8 cm³/mol. The Bertz CT molecular complexity index is 337. The van der Waals surface area contributed by atoms with E-state index in [9.17, 15) is 9.59 Å². The van der Waals surface area contributed by atoms with Crippen molar-refractivity contribution in [2.24, 2.45) is 5.41 Å². The Hall–Kier alpha value is -1.10. The monoisotopic (exact) mass is 344 g/mol. The molecule has 0 aliphatic rings. The Kier molecular flexibility index (Phi) is 13.6. The Morgan fingerprint density at radius 3 is 1.71 bits per heavy atom. The van der Waals surface area contributed by atoms with Crippen LogP contribution in [0.1, 0.15) is 78.6 Å². The van der Waals surface area contributed by atoms with Gasteiger partial charge in [-0.05, 0) is 19.3 Å². The highest BCUT2D eigenvalue weighted by molar-refractivity contribution is 5.99. The predicted octanol–water partition coefficient (Wildman–Crippen LogP) is 4.28. The van der Waals surface area contributed by atoms with E-state index in [1.54, 1.807) is 0 Å². The van der Waals surface area contributed by atoms with Crippen molar-refractivity contribution in [1.29, 1.82) is 0 Å². The summed E-state index contributed by atoms with van der Waals surface area (Å²) < 4.78 is 15.4. The van der Waals surface area contributed by atoms with Gasteiger partial charge in [0, 0.05) is 7.11 Å². The van der Waals surface area contributed by atoms with Crippen LogP contribution in [0.2, 0.25) is 0 Å². The fourth-order valence-electron chi connectivity index (χ4n) is 2.63. The topological polar surface area (TPSA) is 61.8 Å². The zero-order valence-electron chi connectivity index (χ0n) is 16.0. The Morgan fingerprint density at radius 2 is 1.21 bits per heavy atom. The van der Waals surface area contributed by atoms with E-state index in [0.29, 0.717) is 26.1 Å². The van der Waals surface area contributed by atoms with Gasteiger partial charge in [0.15, 0.2) is 5.41 Å². The van der Waals surface area contributed by atoms with Crippen molar-refractivity contribution < 1.29 is 23.8 Å². The van der Waals surface area contributed by atoms with Gasteiger partial charge in [0.1, 0.15) is 6.61 Å². The van der Waals surface area contributed by atoms with Crippen molar-refractivity contribution in [3.05, 3.63) is 0 Å². The summed E-state index contributed by atoms with van der Waals surface area (Å²) >= 11 is 0. The average Bonchev–Trinajstić information content (AvgIpc) is 2.59. The molecule has 0 unspecified atom stereocenters. The van der Waals surface area contributed by atoms with Gasteiger partial charge in [-0.2, -0.15) is 0 Å². The van der Waals surface area contributed by atoms with E-state index in [1.807, 2.05) is 13.8 Å². The van der Waals surface area contributed by atoms with Gasteiger partial charge in [0.05, 0.1) is 13.2 Å². The first-order valence-electron chi connectivity index (χ1n) is 9.42. The van der Waals surface area contributed by atoms with Crippen molar-refractivity contribution in [2.45, 2.75) is 78.6 Å². The molecule has 5 nitrogen and oxygen atoms in total. The second-order valence-electron chi connectivity index (χ2n) is 6.18. The Morgan fingerprint density at radius 1 is 0.708 bits per heavy atom. The van der Waals surface area contributed by atoms with Crippen LogP contribution >= 0.6 is 0 Å². The van der Waals surface area contributed by atoms with Crippen molar-refractivity contribution in [3.63, 3.8) is 0 Å². The number of rotatable bonds is 15. The Labute approximate surface area is 147 Å². The smallest absolute Gasteiger partial charge is 0.323 e. The molecule has 0 amide bonds. The third-order valence-corrected chi connectivity index (χ3v) is 4.49. The van der Waals surface area contributed by atoms with Crippen LogP contribution in [-0.2, 0) is 23.8 Å². The van der Waals surface area contributed by atoms with Crippen molar-refractivity contribution >= 4 is 11.9 Å². The molecular formula is C19H36O5. The van der Waals surface area contributed by atoms with Gasteiger partial charge in [0.2, 0.25) is 0 Å². The molecule has 142 valence electrons. The number of methoxy groups -OCH3 is 1. The summed E-state index contributed by atoms with van der Waals surface area (Å²) in [5, 5.41) is 0. The SMILES string of the molecule is CCCCCCCCCOC(=O)C(CC)(CC)C(=O)OCCOC. The number of unbranched alkanes of at least 4 members (excludes halogenated alkanes) is 6. The number of carbonyl (C=O) groups excluding carboxylic acids is 2. The van der Waals surface area contributed by atoms with Crippen LogP contribution in [0.4, 0.5) is 0 Å². The zero-order chi connectivity index (χ0) is 18.3. The van der Waals surface area contributed by atoms with Crippen LogP contribution in [0, 0.1) is 5.41 Å². The molecule has 0 heterocycles. The summed E-state index contributed by atoms with van der Waals surface area (Å²) in [5.74, 6) is -0.963. The van der Waals surface area contributed by atoms with Crippen LogP contribution in [0.25, 0.3) is 0 Å². The van der Waals surface area contributed by atoms with E-state index < -0.39 is 17.4 Å². The summed E-state index contributed by atoms with van der Waals surface area (Å²) in [6.07, 6.45) is 8.88. The third kappa shape index (κ3) is 8.13. The van der Waals surface area contributed by atoms with Gasteiger partial charge in [-0.25, -0.2) is 0 Å². The fraction of sp³-hybridized carbons (Fsp3) is 0.895. The molecule has 0 fully saturated rings. The van der Waals surface area contributed by atoms with Gasteiger partial charge in [-0.1, -0.05) is 59.3 Å². The highest BCUT2D eigenvalue weighted by atomic mass is 16.6. The minimum atomic E-state index is -1.19. The molecule has 0 aliphatic carbocycles. The first-order chi connectivity index (χ1) is 11.6. The van der Waals surface area contributed by atoms with Gasteiger partial charge in [0.25, 0.3) is 0 Å². The van der Waals surface area contributed by atoms with Gasteiger partial charge in [-0.3, -0.25) is 9.59 Å². The molecule has 0 aromatic carbocycles. The van der Waals surface area contributed by atoms with Crippen LogP contribution < -0.4 is 0 Å². The minimum Gasteiger partial charge on any atom is -0.465 e. The molecule has 0 aromatic rings. The maximum atomic E-state index is 12.4. The van der Waals surface area contributed by atoms with Crippen molar-refractivity contribution in [2.75, 3.05) is 26.9 Å². The molecule has 0 N–H and O–H groups in total. The Balaban J connectivity index is 4.21. The molecule has 0 radical (unpaired) electrons. The fourth-order valence-corrected chi connectivity index (χ4v) is 2.63. The molecular weight excluding hydrogens is 308 g/mol. The molecule has 0 aliphatic heterocycles. The van der Waals surface area contributed by atoms with Gasteiger partial charge < -0.3 is 14.2 Å². The first kappa shape index (κ1) is 22.9. The molecule has 0 rings (SSSR count). The normalized spacial score (nSPS) is 11.3. The lowest BCUT2D eigenvalue weighted by Gasteiger charge is -2.26. The number of esters is 2. The lowest BCUT2D eigenvalue weighted by molar-refractivity contribution is -0.174. The molecule has 0 saturated carbocycles. The molecule has 24 heavy (non-hydrogen) atoms. The van der Waals surface area contributed by atoms with E-state index in [0.717, 1.165) is 12.8 Å². The molecule has 0 atom stereocenters. The maximum Gasteiger partial charge on any atom is 0.323 e. The quantitative estimate of drug-likeness (QED) is 0.252. The van der Waals surface area contributed by atoms with Gasteiger partial charge >= 0.3 is 11.9 Å². The third-order valence-electron chi connectivity index (χ3n) is 4.49. The summed E-state index contributed by atoms with van der Waals surface area (Å²) in [6.45, 7) is 6.68. The van der Waals surface area contributed by atoms with E-state index in [4.69, 9.17) is 14.2 Å². The van der Waals surface area contributed by atoms with Crippen LogP contribution in [0.5, 0.6) is 0 Å². The van der Waals surface area contributed by atoms with Crippen LogP contribution in [0.15, 0.2) is 0 Å².